The van der Waals surface area contributed by atoms with Crippen LogP contribution in [0.25, 0.3) is 0 Å². The summed E-state index contributed by atoms with van der Waals surface area (Å²) in [5, 5.41) is 0. The summed E-state index contributed by atoms with van der Waals surface area (Å²) in [7, 11) is 5.18. The van der Waals surface area contributed by atoms with Crippen LogP contribution in [0, 0.1) is 0 Å². The number of carbonyl (C=O) groups is 1. The predicted octanol–water partition coefficient (Wildman–Crippen LogP) is 6.81. The number of hydrogen-bond acceptors (Lipinski definition) is 9. The van der Waals surface area contributed by atoms with E-state index < -0.39 is 0 Å². The Kier molecular flexibility index (Phi) is 16.5. The fourth-order valence-electron chi connectivity index (χ4n) is 4.85. The smallest absolute Gasteiger partial charge is 0.163 e. The lowest BCUT2D eigenvalue weighted by molar-refractivity contribution is 0.0265. The Morgan fingerprint density at radius 2 is 1.61 bits per heavy atom. The lowest BCUT2D eigenvalue weighted by atomic mass is 10.1. The zero-order chi connectivity index (χ0) is 33.1. The van der Waals surface area contributed by atoms with Crippen LogP contribution in [0.1, 0.15) is 40.9 Å². The summed E-state index contributed by atoms with van der Waals surface area (Å²) in [4.78, 5) is 20.9. The Bertz CT molecular complexity index is 1390. The quantitative estimate of drug-likeness (QED) is 0.0383. The lowest BCUT2D eigenvalue weighted by Gasteiger charge is -2.25. The van der Waals surface area contributed by atoms with Crippen LogP contribution in [-0.4, -0.2) is 85.6 Å². The monoisotopic (exact) mass is 651 g/mol. The van der Waals surface area contributed by atoms with Gasteiger partial charge < -0.3 is 33.5 Å². The first-order valence-electron chi connectivity index (χ1n) is 15.6. The highest BCUT2D eigenvalue weighted by molar-refractivity contribution is 7.98. The Morgan fingerprint density at radius 1 is 0.870 bits per heavy atom. The second kappa shape index (κ2) is 20.5. The van der Waals surface area contributed by atoms with Crippen LogP contribution < -0.4 is 19.3 Å². The van der Waals surface area contributed by atoms with Crippen molar-refractivity contribution in [3.63, 3.8) is 0 Å². The van der Waals surface area contributed by atoms with E-state index in [2.05, 4.69) is 60.3 Å². The van der Waals surface area contributed by atoms with Gasteiger partial charge in [-0.25, -0.2) is 4.99 Å². The molecule has 0 heterocycles. The number of aliphatic imine (C=N–C) groups is 1. The van der Waals surface area contributed by atoms with E-state index in [1.807, 2.05) is 24.1 Å². The molecular weight excluding hydrogens is 602 g/mol. The van der Waals surface area contributed by atoms with E-state index in [1.54, 1.807) is 44.5 Å². The Balaban J connectivity index is 1.76. The summed E-state index contributed by atoms with van der Waals surface area (Å²) in [5.74, 6) is 1.83. The predicted molar refractivity (Wildman–Crippen MR) is 190 cm³/mol. The number of anilines is 2. The first-order chi connectivity index (χ1) is 22.5. The van der Waals surface area contributed by atoms with E-state index in [4.69, 9.17) is 23.7 Å². The van der Waals surface area contributed by atoms with Crippen LogP contribution in [-0.2, 0) is 33.7 Å². The summed E-state index contributed by atoms with van der Waals surface area (Å²) < 4.78 is 28.3. The van der Waals surface area contributed by atoms with Gasteiger partial charge in [0.2, 0.25) is 0 Å². The van der Waals surface area contributed by atoms with Crippen LogP contribution in [0.15, 0.2) is 59.6 Å². The second-order valence-corrected chi connectivity index (χ2v) is 11.4. The number of thioether (sulfide) groups is 1. The molecule has 0 N–H and O–H groups in total. The van der Waals surface area contributed by atoms with Crippen molar-refractivity contribution in [2.45, 2.75) is 33.3 Å². The summed E-state index contributed by atoms with van der Waals surface area (Å²) in [6, 6.07) is 18.2. The van der Waals surface area contributed by atoms with E-state index in [0.29, 0.717) is 62.4 Å². The summed E-state index contributed by atoms with van der Waals surface area (Å²) in [6.45, 7) is 8.20. The van der Waals surface area contributed by atoms with Crippen LogP contribution in [0.2, 0.25) is 0 Å². The molecule has 0 atom stereocenters. The van der Waals surface area contributed by atoms with Gasteiger partial charge >= 0.3 is 0 Å². The van der Waals surface area contributed by atoms with Crippen molar-refractivity contribution in [3.05, 3.63) is 76.9 Å². The van der Waals surface area contributed by atoms with Gasteiger partial charge in [-0.15, -0.1) is 11.8 Å². The molecule has 0 saturated heterocycles. The third-order valence-electron chi connectivity index (χ3n) is 7.36. The normalized spacial score (nSPS) is 11.2. The zero-order valence-electron chi connectivity index (χ0n) is 28.1. The third kappa shape index (κ3) is 11.3. The number of aryl methyl sites for hydroxylation is 2. The number of methoxy groups -OCH3 is 2. The molecule has 0 amide bonds. The van der Waals surface area contributed by atoms with Gasteiger partial charge in [0.15, 0.2) is 17.8 Å². The lowest BCUT2D eigenvalue weighted by Crippen LogP contribution is -2.27. The van der Waals surface area contributed by atoms with Crippen LogP contribution in [0.4, 0.5) is 17.1 Å². The Labute approximate surface area is 278 Å². The average Bonchev–Trinajstić information content (AvgIpc) is 3.09. The van der Waals surface area contributed by atoms with Gasteiger partial charge in [0.1, 0.15) is 6.61 Å². The molecule has 0 radical (unpaired) electrons. The van der Waals surface area contributed by atoms with Gasteiger partial charge in [-0.3, -0.25) is 4.79 Å². The molecule has 3 aromatic carbocycles. The molecule has 0 aromatic heterocycles. The summed E-state index contributed by atoms with van der Waals surface area (Å²) in [5.41, 5.74) is 6.58. The molecule has 0 fully saturated rings. The van der Waals surface area contributed by atoms with Gasteiger partial charge in [-0.2, -0.15) is 0 Å². The fourth-order valence-corrected chi connectivity index (χ4v) is 5.44. The van der Waals surface area contributed by atoms with E-state index >= 15 is 0 Å². The maximum atomic E-state index is 12.0. The van der Waals surface area contributed by atoms with Crippen LogP contribution in [0.3, 0.4) is 0 Å². The standard InChI is InChI=1S/C36H49N3O6S/c1-7-28-19-29(21-32(20-28)39(27-46-6)13-14-43-17-18-44-16-15-41-4)25-45-36-23-33(31(24-40)22-35(36)42-5)37-26-38(3)34-12-10-9-11-30(34)8-2/h9-12,19-24,26H,7-8,13-18,25,27H2,1-6H3/b37-26-. The molecule has 0 aliphatic carbocycles. The highest BCUT2D eigenvalue weighted by atomic mass is 32.2. The van der Waals surface area contributed by atoms with Gasteiger partial charge in [0, 0.05) is 43.7 Å². The van der Waals surface area contributed by atoms with E-state index in [9.17, 15) is 4.79 Å². The van der Waals surface area contributed by atoms with Crippen molar-refractivity contribution in [1.82, 2.24) is 0 Å². The summed E-state index contributed by atoms with van der Waals surface area (Å²) in [6.07, 6.45) is 6.41. The van der Waals surface area contributed by atoms with Gasteiger partial charge in [-0.05, 0) is 60.1 Å². The molecule has 0 saturated carbocycles. The number of nitrogens with zero attached hydrogens (tertiary/aromatic N) is 3. The maximum Gasteiger partial charge on any atom is 0.163 e. The zero-order valence-corrected chi connectivity index (χ0v) is 28.9. The van der Waals surface area contributed by atoms with Gasteiger partial charge in [0.25, 0.3) is 0 Å². The van der Waals surface area contributed by atoms with Gasteiger partial charge in [-0.1, -0.05) is 38.1 Å². The van der Waals surface area contributed by atoms with Crippen molar-refractivity contribution in [2.24, 2.45) is 4.99 Å². The SMILES string of the molecule is CCc1cc(COc2cc(/N=C\N(C)c3ccccc3CC)c(C=O)cc2OC)cc(N(CCOCCOCCOC)CSC)c1. The molecule has 0 spiro atoms. The molecule has 0 unspecified atom stereocenters. The highest BCUT2D eigenvalue weighted by Crippen LogP contribution is 2.35. The molecule has 0 aliphatic heterocycles. The number of para-hydroxylation sites is 1. The van der Waals surface area contributed by atoms with Crippen LogP contribution in [0.5, 0.6) is 11.5 Å². The van der Waals surface area contributed by atoms with Crippen molar-refractivity contribution in [3.8, 4) is 11.5 Å². The third-order valence-corrected chi connectivity index (χ3v) is 7.93. The largest absolute Gasteiger partial charge is 0.493 e. The number of benzene rings is 3. The van der Waals surface area contributed by atoms with E-state index in [1.165, 1.54) is 11.1 Å². The number of hydrogen-bond donors (Lipinski definition) is 0. The topological polar surface area (TPSA) is 82.1 Å². The number of rotatable bonds is 22. The number of ether oxygens (including phenoxy) is 5. The van der Waals surface area contributed by atoms with Gasteiger partial charge in [0.05, 0.1) is 58.0 Å². The molecule has 250 valence electrons. The maximum absolute atomic E-state index is 12.0. The second-order valence-electron chi connectivity index (χ2n) is 10.6. The molecule has 10 heteroatoms. The molecular formula is C36H49N3O6S. The van der Waals surface area contributed by atoms with E-state index in [0.717, 1.165) is 48.5 Å². The van der Waals surface area contributed by atoms with E-state index in [-0.39, 0.29) is 0 Å². The first-order valence-corrected chi connectivity index (χ1v) is 17.0. The molecule has 9 nitrogen and oxygen atoms in total. The number of aldehydes is 1. The van der Waals surface area contributed by atoms with Crippen molar-refractivity contribution in [2.75, 3.05) is 82.8 Å². The Hall–Kier alpha value is -3.57. The first kappa shape index (κ1) is 36.9. The average molecular weight is 652 g/mol. The fraction of sp³-hybridized carbons (Fsp3) is 0.444. The number of carbonyl (C=O) groups excluding carboxylic acids is 1. The minimum Gasteiger partial charge on any atom is -0.493 e. The highest BCUT2D eigenvalue weighted by Gasteiger charge is 2.14. The molecule has 0 bridgehead atoms. The molecule has 0 aliphatic rings. The van der Waals surface area contributed by atoms with Crippen LogP contribution >= 0.6 is 11.8 Å². The summed E-state index contributed by atoms with van der Waals surface area (Å²) >= 11 is 1.77. The van der Waals surface area contributed by atoms with Crippen molar-refractivity contribution >= 4 is 41.4 Å². The molecule has 3 rings (SSSR count). The molecule has 46 heavy (non-hydrogen) atoms. The minimum absolute atomic E-state index is 0.326. The minimum atomic E-state index is 0.326. The van der Waals surface area contributed by atoms with Crippen molar-refractivity contribution in [1.29, 1.82) is 0 Å². The Morgan fingerprint density at radius 3 is 2.30 bits per heavy atom. The van der Waals surface area contributed by atoms with Crippen molar-refractivity contribution < 1.29 is 28.5 Å². The molecule has 3 aromatic rings.